The van der Waals surface area contributed by atoms with E-state index < -0.39 is 0 Å². The lowest BCUT2D eigenvalue weighted by Crippen LogP contribution is -2.03. The molecule has 0 saturated heterocycles. The van der Waals surface area contributed by atoms with Gasteiger partial charge in [0.25, 0.3) is 0 Å². The van der Waals surface area contributed by atoms with E-state index in [2.05, 4.69) is 46.4 Å². The Hall–Kier alpha value is -0.540. The fraction of sp³-hybridized carbons (Fsp3) is 0.500. The summed E-state index contributed by atoms with van der Waals surface area (Å²) in [5.41, 5.74) is 2.45. The molecule has 0 radical (unpaired) electrons. The molecule has 0 aliphatic rings. The molecule has 0 bridgehead atoms. The highest BCUT2D eigenvalue weighted by atomic mass is 79.9. The number of unbranched alkanes of at least 4 members (excludes halogenated alkanes) is 1. The quantitative estimate of drug-likeness (QED) is 0.799. The molecule has 0 unspecified atom stereocenters. The largest absolute Gasteiger partial charge is 0.385 e. The summed E-state index contributed by atoms with van der Waals surface area (Å²) in [6, 6.07) is 6.33. The zero-order chi connectivity index (χ0) is 11.1. The van der Waals surface area contributed by atoms with Gasteiger partial charge in [-0.25, -0.2) is 0 Å². The van der Waals surface area contributed by atoms with E-state index in [1.807, 2.05) is 0 Å². The van der Waals surface area contributed by atoms with Crippen molar-refractivity contribution in [1.82, 2.24) is 0 Å². The first-order valence-corrected chi connectivity index (χ1v) is 6.02. The summed E-state index contributed by atoms with van der Waals surface area (Å²) in [6.45, 7) is 3.94. The lowest BCUT2D eigenvalue weighted by molar-refractivity contribution is 0.194. The van der Waals surface area contributed by atoms with E-state index in [4.69, 9.17) is 4.74 Å². The van der Waals surface area contributed by atoms with E-state index in [1.54, 1.807) is 7.11 Å². The van der Waals surface area contributed by atoms with Gasteiger partial charge in [-0.3, -0.25) is 0 Å². The average Bonchev–Trinajstić information content (AvgIpc) is 2.23. The van der Waals surface area contributed by atoms with Crippen molar-refractivity contribution < 1.29 is 4.74 Å². The smallest absolute Gasteiger partial charge is 0.0487 e. The Kier molecular flexibility index (Phi) is 5.73. The maximum absolute atomic E-state index is 5.00. The van der Waals surface area contributed by atoms with Crippen molar-refractivity contribution in [3.8, 4) is 0 Å². The molecule has 1 aromatic rings. The van der Waals surface area contributed by atoms with Crippen molar-refractivity contribution in [2.45, 2.75) is 19.8 Å². The van der Waals surface area contributed by atoms with Gasteiger partial charge in [-0.05, 0) is 53.4 Å². The predicted molar refractivity (Wildman–Crippen MR) is 68.5 cm³/mol. The number of aryl methyl sites for hydroxylation is 1. The number of anilines is 1. The van der Waals surface area contributed by atoms with Gasteiger partial charge >= 0.3 is 0 Å². The third-order valence-electron chi connectivity index (χ3n) is 2.21. The van der Waals surface area contributed by atoms with Crippen LogP contribution in [0, 0.1) is 6.92 Å². The Morgan fingerprint density at radius 2 is 2.13 bits per heavy atom. The summed E-state index contributed by atoms with van der Waals surface area (Å²) >= 11 is 3.53. The standard InChI is InChI=1S/C12H18BrNO/c1-10-5-6-11(13)12(9-10)14-7-3-4-8-15-2/h5-6,9,14H,3-4,7-8H2,1-2H3. The normalized spacial score (nSPS) is 10.3. The van der Waals surface area contributed by atoms with Gasteiger partial charge in [-0.1, -0.05) is 6.07 Å². The summed E-state index contributed by atoms with van der Waals surface area (Å²) in [5.74, 6) is 0. The highest BCUT2D eigenvalue weighted by molar-refractivity contribution is 9.10. The van der Waals surface area contributed by atoms with Crippen LogP contribution in [0.5, 0.6) is 0 Å². The average molecular weight is 272 g/mol. The van der Waals surface area contributed by atoms with Crippen molar-refractivity contribution in [2.75, 3.05) is 25.6 Å². The van der Waals surface area contributed by atoms with Gasteiger partial charge in [0.05, 0.1) is 0 Å². The van der Waals surface area contributed by atoms with Crippen LogP contribution in [0.3, 0.4) is 0 Å². The molecule has 0 fully saturated rings. The van der Waals surface area contributed by atoms with Crippen LogP contribution in [0.25, 0.3) is 0 Å². The number of nitrogens with one attached hydrogen (secondary N) is 1. The molecule has 0 aliphatic carbocycles. The maximum Gasteiger partial charge on any atom is 0.0487 e. The summed E-state index contributed by atoms with van der Waals surface area (Å²) in [4.78, 5) is 0. The first-order valence-electron chi connectivity index (χ1n) is 5.23. The second-order valence-electron chi connectivity index (χ2n) is 3.61. The highest BCUT2D eigenvalue weighted by Crippen LogP contribution is 2.23. The third-order valence-corrected chi connectivity index (χ3v) is 2.90. The molecule has 1 rings (SSSR count). The molecule has 15 heavy (non-hydrogen) atoms. The summed E-state index contributed by atoms with van der Waals surface area (Å²) in [5, 5.41) is 3.41. The predicted octanol–water partition coefficient (Wildman–Crippen LogP) is 3.60. The molecular weight excluding hydrogens is 254 g/mol. The number of hydrogen-bond donors (Lipinski definition) is 1. The van der Waals surface area contributed by atoms with Gasteiger partial charge < -0.3 is 10.1 Å². The molecule has 2 nitrogen and oxygen atoms in total. The summed E-state index contributed by atoms with van der Waals surface area (Å²) in [7, 11) is 1.74. The van der Waals surface area contributed by atoms with E-state index >= 15 is 0 Å². The monoisotopic (exact) mass is 271 g/mol. The number of hydrogen-bond acceptors (Lipinski definition) is 2. The number of ether oxygens (including phenoxy) is 1. The Morgan fingerprint density at radius 3 is 2.87 bits per heavy atom. The second kappa shape index (κ2) is 6.85. The van der Waals surface area contributed by atoms with E-state index in [9.17, 15) is 0 Å². The zero-order valence-electron chi connectivity index (χ0n) is 9.35. The molecule has 3 heteroatoms. The van der Waals surface area contributed by atoms with Crippen LogP contribution < -0.4 is 5.32 Å². The van der Waals surface area contributed by atoms with Crippen molar-refractivity contribution in [3.05, 3.63) is 28.2 Å². The van der Waals surface area contributed by atoms with Crippen molar-refractivity contribution in [2.24, 2.45) is 0 Å². The topological polar surface area (TPSA) is 21.3 Å². The SMILES string of the molecule is COCCCCNc1cc(C)ccc1Br. The van der Waals surface area contributed by atoms with Crippen molar-refractivity contribution >= 4 is 21.6 Å². The van der Waals surface area contributed by atoms with Crippen LogP contribution in [0.4, 0.5) is 5.69 Å². The molecule has 0 atom stereocenters. The molecular formula is C12H18BrNO. The Labute approximate surface area is 100 Å². The third kappa shape index (κ3) is 4.67. The minimum atomic E-state index is 0.844. The van der Waals surface area contributed by atoms with Gasteiger partial charge in [0, 0.05) is 30.4 Å². The van der Waals surface area contributed by atoms with Gasteiger partial charge in [0.15, 0.2) is 0 Å². The summed E-state index contributed by atoms with van der Waals surface area (Å²) in [6.07, 6.45) is 2.24. The van der Waals surface area contributed by atoms with E-state index in [-0.39, 0.29) is 0 Å². The van der Waals surface area contributed by atoms with Crippen LogP contribution in [0.1, 0.15) is 18.4 Å². The van der Waals surface area contributed by atoms with Crippen molar-refractivity contribution in [1.29, 1.82) is 0 Å². The van der Waals surface area contributed by atoms with Crippen LogP contribution >= 0.6 is 15.9 Å². The fourth-order valence-corrected chi connectivity index (χ4v) is 1.76. The Balaban J connectivity index is 2.33. The fourth-order valence-electron chi connectivity index (χ4n) is 1.37. The lowest BCUT2D eigenvalue weighted by Gasteiger charge is -2.09. The van der Waals surface area contributed by atoms with Crippen LogP contribution in [-0.2, 0) is 4.74 Å². The Morgan fingerprint density at radius 1 is 1.33 bits per heavy atom. The minimum absolute atomic E-state index is 0.844. The molecule has 0 heterocycles. The van der Waals surface area contributed by atoms with Crippen LogP contribution in [0.2, 0.25) is 0 Å². The zero-order valence-corrected chi connectivity index (χ0v) is 10.9. The van der Waals surface area contributed by atoms with Gasteiger partial charge in [0.1, 0.15) is 0 Å². The number of halogens is 1. The molecule has 0 amide bonds. The molecule has 84 valence electrons. The molecule has 0 aromatic heterocycles. The number of benzene rings is 1. The minimum Gasteiger partial charge on any atom is -0.385 e. The van der Waals surface area contributed by atoms with Crippen LogP contribution in [0.15, 0.2) is 22.7 Å². The van der Waals surface area contributed by atoms with Gasteiger partial charge in [-0.2, -0.15) is 0 Å². The second-order valence-corrected chi connectivity index (χ2v) is 4.46. The lowest BCUT2D eigenvalue weighted by atomic mass is 10.2. The first kappa shape index (κ1) is 12.5. The molecule has 0 saturated carbocycles. The van der Waals surface area contributed by atoms with Crippen molar-refractivity contribution in [3.63, 3.8) is 0 Å². The van der Waals surface area contributed by atoms with Gasteiger partial charge in [-0.15, -0.1) is 0 Å². The maximum atomic E-state index is 5.00. The molecule has 0 aliphatic heterocycles. The first-order chi connectivity index (χ1) is 7.24. The highest BCUT2D eigenvalue weighted by Gasteiger charge is 1.98. The summed E-state index contributed by atoms with van der Waals surface area (Å²) < 4.78 is 6.12. The van der Waals surface area contributed by atoms with Crippen LogP contribution in [-0.4, -0.2) is 20.3 Å². The van der Waals surface area contributed by atoms with Gasteiger partial charge in [0.2, 0.25) is 0 Å². The van der Waals surface area contributed by atoms with E-state index in [0.717, 1.165) is 30.5 Å². The molecule has 0 spiro atoms. The van der Waals surface area contributed by atoms with E-state index in [0.29, 0.717) is 0 Å². The van der Waals surface area contributed by atoms with E-state index in [1.165, 1.54) is 11.3 Å². The molecule has 1 N–H and O–H groups in total. The Bertz CT molecular complexity index is 302. The number of methoxy groups -OCH3 is 1. The molecule has 1 aromatic carbocycles. The number of rotatable bonds is 6.